The summed E-state index contributed by atoms with van der Waals surface area (Å²) >= 11 is 0. The maximum absolute atomic E-state index is 4.40. The van der Waals surface area contributed by atoms with Gasteiger partial charge in [-0.2, -0.15) is 0 Å². The van der Waals surface area contributed by atoms with Gasteiger partial charge in [0.15, 0.2) is 5.96 Å². The smallest absolute Gasteiger partial charge is 0.191 e. The number of hydrogen-bond acceptors (Lipinski definition) is 2. The van der Waals surface area contributed by atoms with Crippen LogP contribution in [-0.4, -0.2) is 38.7 Å². The van der Waals surface area contributed by atoms with Crippen molar-refractivity contribution in [1.29, 1.82) is 0 Å². The molecule has 2 atom stereocenters. The topological polar surface area (TPSA) is 39.7 Å². The van der Waals surface area contributed by atoms with Crippen molar-refractivity contribution in [1.82, 2.24) is 10.6 Å². The van der Waals surface area contributed by atoms with Gasteiger partial charge in [-0.15, -0.1) is 0 Å². The second-order valence-corrected chi connectivity index (χ2v) is 7.46. The lowest BCUT2D eigenvalue weighted by atomic mass is 10.1. The van der Waals surface area contributed by atoms with Gasteiger partial charge in [-0.05, 0) is 49.8 Å². The number of rotatable bonds is 7. The highest BCUT2D eigenvalue weighted by Gasteiger charge is 2.22. The van der Waals surface area contributed by atoms with E-state index < -0.39 is 0 Å². The zero-order valence-corrected chi connectivity index (χ0v) is 16.6. The number of guanidine groups is 1. The lowest BCUT2D eigenvalue weighted by Gasteiger charge is -2.21. The fraction of sp³-hybridized carbons (Fsp3) is 0.435. The SMILES string of the molecule is CN=C(NCC1CCN(c2ccccc2)C1)NC(C)CCc1ccccc1. The minimum absolute atomic E-state index is 0.390. The molecule has 2 aromatic carbocycles. The Morgan fingerprint density at radius 1 is 1.11 bits per heavy atom. The maximum Gasteiger partial charge on any atom is 0.191 e. The van der Waals surface area contributed by atoms with Crippen molar-refractivity contribution in [3.63, 3.8) is 0 Å². The predicted molar refractivity (Wildman–Crippen MR) is 115 cm³/mol. The molecular formula is C23H32N4. The lowest BCUT2D eigenvalue weighted by molar-refractivity contribution is 0.548. The lowest BCUT2D eigenvalue weighted by Crippen LogP contribution is -2.44. The van der Waals surface area contributed by atoms with Crippen LogP contribution in [0.25, 0.3) is 0 Å². The van der Waals surface area contributed by atoms with Crippen molar-refractivity contribution in [3.05, 3.63) is 66.2 Å². The van der Waals surface area contributed by atoms with Crippen LogP contribution < -0.4 is 15.5 Å². The van der Waals surface area contributed by atoms with E-state index in [0.29, 0.717) is 12.0 Å². The van der Waals surface area contributed by atoms with E-state index in [1.165, 1.54) is 17.7 Å². The van der Waals surface area contributed by atoms with Gasteiger partial charge in [-0.3, -0.25) is 4.99 Å². The number of benzene rings is 2. The molecule has 3 rings (SSSR count). The minimum Gasteiger partial charge on any atom is -0.371 e. The maximum atomic E-state index is 4.40. The predicted octanol–water partition coefficient (Wildman–Crippen LogP) is 3.70. The first-order valence-corrected chi connectivity index (χ1v) is 10.1. The van der Waals surface area contributed by atoms with Gasteiger partial charge in [-0.25, -0.2) is 0 Å². The molecule has 0 aliphatic carbocycles. The zero-order chi connectivity index (χ0) is 18.9. The summed E-state index contributed by atoms with van der Waals surface area (Å²) in [5.74, 6) is 1.57. The van der Waals surface area contributed by atoms with E-state index in [2.05, 4.69) is 88.1 Å². The van der Waals surface area contributed by atoms with Gasteiger partial charge in [0.25, 0.3) is 0 Å². The van der Waals surface area contributed by atoms with Crippen LogP contribution in [-0.2, 0) is 6.42 Å². The first-order chi connectivity index (χ1) is 13.2. The number of anilines is 1. The first-order valence-electron chi connectivity index (χ1n) is 10.1. The third-order valence-electron chi connectivity index (χ3n) is 5.28. The average molecular weight is 365 g/mol. The van der Waals surface area contributed by atoms with Crippen molar-refractivity contribution in [2.24, 2.45) is 10.9 Å². The van der Waals surface area contributed by atoms with E-state index in [4.69, 9.17) is 0 Å². The highest BCUT2D eigenvalue weighted by molar-refractivity contribution is 5.79. The van der Waals surface area contributed by atoms with Crippen molar-refractivity contribution in [3.8, 4) is 0 Å². The zero-order valence-electron chi connectivity index (χ0n) is 16.6. The Hall–Kier alpha value is -2.49. The molecule has 4 heteroatoms. The highest BCUT2D eigenvalue weighted by atomic mass is 15.2. The van der Waals surface area contributed by atoms with E-state index in [0.717, 1.165) is 38.4 Å². The van der Waals surface area contributed by atoms with Gasteiger partial charge in [0.1, 0.15) is 0 Å². The molecule has 1 heterocycles. The van der Waals surface area contributed by atoms with Crippen molar-refractivity contribution < 1.29 is 0 Å². The van der Waals surface area contributed by atoms with Crippen LogP contribution in [0.15, 0.2) is 65.7 Å². The highest BCUT2D eigenvalue weighted by Crippen LogP contribution is 2.22. The molecule has 2 aromatic rings. The third-order valence-corrected chi connectivity index (χ3v) is 5.28. The van der Waals surface area contributed by atoms with Gasteiger partial charge in [-0.1, -0.05) is 48.5 Å². The monoisotopic (exact) mass is 364 g/mol. The molecule has 0 radical (unpaired) electrons. The molecule has 1 saturated heterocycles. The quantitative estimate of drug-likeness (QED) is 0.581. The Bertz CT molecular complexity index is 699. The second kappa shape index (κ2) is 10.0. The number of nitrogens with zero attached hydrogens (tertiary/aromatic N) is 2. The molecule has 0 bridgehead atoms. The number of aliphatic imine (C=N–C) groups is 1. The molecule has 1 aliphatic rings. The molecule has 2 unspecified atom stereocenters. The molecule has 144 valence electrons. The minimum atomic E-state index is 0.390. The Morgan fingerprint density at radius 2 is 1.81 bits per heavy atom. The van der Waals surface area contributed by atoms with Gasteiger partial charge in [0.2, 0.25) is 0 Å². The Morgan fingerprint density at radius 3 is 2.52 bits per heavy atom. The van der Waals surface area contributed by atoms with Crippen LogP contribution in [0.3, 0.4) is 0 Å². The van der Waals surface area contributed by atoms with Crippen LogP contribution in [0.5, 0.6) is 0 Å². The average Bonchev–Trinajstić information content (AvgIpc) is 3.20. The Balaban J connectivity index is 1.39. The molecule has 0 amide bonds. The van der Waals surface area contributed by atoms with Gasteiger partial charge in [0, 0.05) is 38.4 Å². The number of aryl methyl sites for hydroxylation is 1. The van der Waals surface area contributed by atoms with E-state index >= 15 is 0 Å². The second-order valence-electron chi connectivity index (χ2n) is 7.46. The number of para-hydroxylation sites is 1. The number of hydrogen-bond donors (Lipinski definition) is 2. The fourth-order valence-corrected chi connectivity index (χ4v) is 3.64. The molecule has 2 N–H and O–H groups in total. The molecular weight excluding hydrogens is 332 g/mol. The summed E-state index contributed by atoms with van der Waals surface area (Å²) in [7, 11) is 1.85. The van der Waals surface area contributed by atoms with E-state index in [9.17, 15) is 0 Å². The summed E-state index contributed by atoms with van der Waals surface area (Å²) in [6.45, 7) is 5.43. The Labute approximate surface area is 163 Å². The molecule has 0 spiro atoms. The fourth-order valence-electron chi connectivity index (χ4n) is 3.64. The van der Waals surface area contributed by atoms with Crippen LogP contribution in [0.4, 0.5) is 5.69 Å². The normalized spacial score (nSPS) is 18.4. The largest absolute Gasteiger partial charge is 0.371 e. The standard InChI is InChI=1S/C23H32N4/c1-19(13-14-20-9-5-3-6-10-20)26-23(24-2)25-17-21-15-16-27(18-21)22-11-7-4-8-12-22/h3-12,19,21H,13-18H2,1-2H3,(H2,24,25,26). The molecule has 4 nitrogen and oxygen atoms in total. The molecule has 0 saturated carbocycles. The summed E-state index contributed by atoms with van der Waals surface area (Å²) in [5.41, 5.74) is 2.72. The van der Waals surface area contributed by atoms with E-state index in [1.807, 2.05) is 7.05 Å². The molecule has 0 aromatic heterocycles. The van der Waals surface area contributed by atoms with Crippen LogP contribution in [0, 0.1) is 5.92 Å². The summed E-state index contributed by atoms with van der Waals surface area (Å²) in [4.78, 5) is 6.88. The summed E-state index contributed by atoms with van der Waals surface area (Å²) in [6.07, 6.45) is 3.40. The van der Waals surface area contributed by atoms with Gasteiger partial charge in [0.05, 0.1) is 0 Å². The molecule has 1 fully saturated rings. The summed E-state index contributed by atoms with van der Waals surface area (Å²) in [6, 6.07) is 21.8. The van der Waals surface area contributed by atoms with Crippen molar-refractivity contribution in [2.75, 3.05) is 31.6 Å². The number of nitrogens with one attached hydrogen (secondary N) is 2. The van der Waals surface area contributed by atoms with Crippen molar-refractivity contribution in [2.45, 2.75) is 32.2 Å². The first kappa shape index (κ1) is 19.3. The van der Waals surface area contributed by atoms with Crippen molar-refractivity contribution >= 4 is 11.6 Å². The van der Waals surface area contributed by atoms with E-state index in [-0.39, 0.29) is 0 Å². The summed E-state index contributed by atoms with van der Waals surface area (Å²) in [5, 5.41) is 7.05. The summed E-state index contributed by atoms with van der Waals surface area (Å²) < 4.78 is 0. The van der Waals surface area contributed by atoms with Crippen LogP contribution in [0.2, 0.25) is 0 Å². The van der Waals surface area contributed by atoms with Crippen LogP contribution in [0.1, 0.15) is 25.3 Å². The van der Waals surface area contributed by atoms with Crippen LogP contribution >= 0.6 is 0 Å². The molecule has 27 heavy (non-hydrogen) atoms. The Kier molecular flexibility index (Phi) is 7.14. The third kappa shape index (κ3) is 6.02. The van der Waals surface area contributed by atoms with E-state index in [1.54, 1.807) is 0 Å². The van der Waals surface area contributed by atoms with Gasteiger partial charge < -0.3 is 15.5 Å². The molecule has 1 aliphatic heterocycles. The van der Waals surface area contributed by atoms with Gasteiger partial charge >= 0.3 is 0 Å².